The second-order valence-corrected chi connectivity index (χ2v) is 7.96. The highest BCUT2D eigenvalue weighted by Gasteiger charge is 2.31. The molecule has 0 saturated carbocycles. The van der Waals surface area contributed by atoms with E-state index in [0.717, 1.165) is 43.9 Å². The third-order valence-electron chi connectivity index (χ3n) is 5.23. The van der Waals surface area contributed by atoms with Gasteiger partial charge in [-0.25, -0.2) is 0 Å². The molecule has 4 aromatic carbocycles. The van der Waals surface area contributed by atoms with Crippen LogP contribution in [0.4, 0.5) is 13.2 Å². The number of hydrogen-bond acceptors (Lipinski definition) is 5. The first-order chi connectivity index (χ1) is 14.3. The minimum Gasteiger partial charge on any atom is -0.172 e. The van der Waals surface area contributed by atoms with Crippen LogP contribution in [0.5, 0.6) is 0 Å². The second-order valence-electron chi connectivity index (χ2n) is 6.94. The Morgan fingerprint density at radius 2 is 1.33 bits per heavy atom. The van der Waals surface area contributed by atoms with Crippen molar-refractivity contribution < 1.29 is 13.2 Å². The summed E-state index contributed by atoms with van der Waals surface area (Å²) in [5.74, 6) is 0. The molecule has 0 N–H and O–H groups in total. The van der Waals surface area contributed by atoms with Gasteiger partial charge in [-0.2, -0.15) is 33.7 Å². The van der Waals surface area contributed by atoms with Crippen LogP contribution in [0.1, 0.15) is 11.1 Å². The molecule has 1 heterocycles. The Hall–Kier alpha value is -3.75. The van der Waals surface area contributed by atoms with Crippen LogP contribution < -0.4 is 10.7 Å². The number of halogens is 3. The van der Waals surface area contributed by atoms with Crippen LogP contribution in [0.25, 0.3) is 41.7 Å². The van der Waals surface area contributed by atoms with Crippen LogP contribution in [-0.2, 0) is 6.18 Å². The van der Waals surface area contributed by atoms with E-state index in [1.165, 1.54) is 17.4 Å². The van der Waals surface area contributed by atoms with Crippen LogP contribution in [0.3, 0.4) is 0 Å². The van der Waals surface area contributed by atoms with Gasteiger partial charge in [-0.15, -0.1) is 11.3 Å². The summed E-state index contributed by atoms with van der Waals surface area (Å²) in [5.41, 5.74) is 0.217. The fourth-order valence-electron chi connectivity index (χ4n) is 4.05. The molecule has 0 radical (unpaired) electrons. The molecule has 0 saturated heterocycles. The van der Waals surface area contributed by atoms with Gasteiger partial charge in [0.2, 0.25) is 12.4 Å². The number of thiophene rings is 1. The van der Waals surface area contributed by atoms with Gasteiger partial charge in [-0.3, -0.25) is 0 Å². The summed E-state index contributed by atoms with van der Waals surface area (Å²) in [6.45, 7) is 1.94. The second kappa shape index (κ2) is 6.12. The van der Waals surface area contributed by atoms with Gasteiger partial charge in [0.25, 0.3) is 0 Å². The quantitative estimate of drug-likeness (QED) is 0.319. The fourth-order valence-corrected chi connectivity index (χ4v) is 5.39. The molecule has 144 valence electrons. The lowest BCUT2D eigenvalue weighted by Crippen LogP contribution is -2.05. The predicted molar refractivity (Wildman–Crippen MR) is 109 cm³/mol. The SMILES string of the molecule is Cc1ccc2c(c1)/c(=N/C#N)c1sc3/c(=N/C#N)c4cc(C(F)(F)F)ccc4c3c12. The zero-order chi connectivity index (χ0) is 21.2. The first-order valence-electron chi connectivity index (χ1n) is 8.79. The molecule has 5 rings (SSSR count). The molecule has 0 unspecified atom stereocenters. The lowest BCUT2D eigenvalue weighted by Gasteiger charge is -2.06. The van der Waals surface area contributed by atoms with E-state index >= 15 is 0 Å². The van der Waals surface area contributed by atoms with Crippen LogP contribution in [0.2, 0.25) is 0 Å². The number of hydrogen-bond donors (Lipinski definition) is 0. The Bertz CT molecular complexity index is 1720. The van der Waals surface area contributed by atoms with E-state index in [1.54, 1.807) is 6.19 Å². The molecule has 5 aromatic rings. The summed E-state index contributed by atoms with van der Waals surface area (Å²) in [5, 5.41) is 23.2. The molecule has 0 amide bonds. The van der Waals surface area contributed by atoms with Crippen molar-refractivity contribution in [3.05, 3.63) is 58.2 Å². The topological polar surface area (TPSA) is 72.3 Å². The minimum atomic E-state index is -4.50. The number of nitrogens with zero attached hydrogens (tertiary/aromatic N) is 4. The molecule has 8 heteroatoms. The van der Waals surface area contributed by atoms with Crippen molar-refractivity contribution in [1.29, 1.82) is 10.5 Å². The molecule has 0 bridgehead atoms. The van der Waals surface area contributed by atoms with Crippen molar-refractivity contribution in [1.82, 2.24) is 0 Å². The van der Waals surface area contributed by atoms with Crippen LogP contribution >= 0.6 is 11.3 Å². The number of alkyl halides is 3. The highest BCUT2D eigenvalue weighted by Crippen LogP contribution is 2.42. The van der Waals surface area contributed by atoms with E-state index in [2.05, 4.69) is 9.98 Å². The first-order valence-corrected chi connectivity index (χ1v) is 9.61. The summed E-state index contributed by atoms with van der Waals surface area (Å²) < 4.78 is 41.2. The Balaban J connectivity index is 2.09. The number of aryl methyl sites for hydroxylation is 1. The standard InChI is InChI=1S/C22H9F3N4S/c1-10-2-4-12-14(6-10)18(28-8-26)20-16(12)17-13-5-3-11(22(23,24)25)7-15(13)19(29-9-27)21(17)30-20/h2-7H,1H3/b28-18-,29-19+. The van der Waals surface area contributed by atoms with Crippen molar-refractivity contribution in [2.24, 2.45) is 9.98 Å². The lowest BCUT2D eigenvalue weighted by atomic mass is 10.1. The van der Waals surface area contributed by atoms with Crippen molar-refractivity contribution >= 4 is 53.1 Å². The van der Waals surface area contributed by atoms with Gasteiger partial charge < -0.3 is 0 Å². The van der Waals surface area contributed by atoms with E-state index in [0.29, 0.717) is 15.4 Å². The maximum Gasteiger partial charge on any atom is 0.416 e. The smallest absolute Gasteiger partial charge is 0.172 e. The Morgan fingerprint density at radius 1 is 0.800 bits per heavy atom. The zero-order valence-electron chi connectivity index (χ0n) is 15.3. The highest BCUT2D eigenvalue weighted by atomic mass is 32.1. The van der Waals surface area contributed by atoms with Gasteiger partial charge in [0.05, 0.1) is 15.0 Å². The van der Waals surface area contributed by atoms with Gasteiger partial charge in [0.15, 0.2) is 0 Å². The summed E-state index contributed by atoms with van der Waals surface area (Å²) in [4.78, 5) is 7.86. The van der Waals surface area contributed by atoms with Crippen molar-refractivity contribution in [3.8, 4) is 12.4 Å². The third-order valence-corrected chi connectivity index (χ3v) is 6.44. The molecule has 0 aliphatic heterocycles. The normalized spacial score (nSPS) is 13.7. The van der Waals surface area contributed by atoms with Crippen LogP contribution in [-0.4, -0.2) is 0 Å². The van der Waals surface area contributed by atoms with Crippen LogP contribution in [0.15, 0.2) is 46.4 Å². The van der Waals surface area contributed by atoms with E-state index in [4.69, 9.17) is 5.26 Å². The predicted octanol–water partition coefficient (Wildman–Crippen LogP) is 5.33. The molecule has 0 fully saturated rings. The number of benzene rings is 2. The first kappa shape index (κ1) is 18.3. The Labute approximate surface area is 170 Å². The number of fused-ring (bicyclic) bond motifs is 7. The maximum atomic E-state index is 13.3. The molecular weight excluding hydrogens is 409 g/mol. The van der Waals surface area contributed by atoms with Gasteiger partial charge in [-0.05, 0) is 35.9 Å². The molecule has 0 aliphatic rings. The molecule has 4 nitrogen and oxygen atoms in total. The Morgan fingerprint density at radius 3 is 1.87 bits per heavy atom. The number of rotatable bonds is 0. The average Bonchev–Trinajstić information content (AvgIpc) is 3.30. The zero-order valence-corrected chi connectivity index (χ0v) is 16.1. The minimum absolute atomic E-state index is 0.220. The summed E-state index contributed by atoms with van der Waals surface area (Å²) in [7, 11) is 0. The van der Waals surface area contributed by atoms with Crippen molar-refractivity contribution in [2.45, 2.75) is 13.1 Å². The fraction of sp³-hybridized carbons (Fsp3) is 0.0909. The van der Waals surface area contributed by atoms with Gasteiger partial charge in [0.1, 0.15) is 10.7 Å². The maximum absolute atomic E-state index is 13.3. The highest BCUT2D eigenvalue weighted by molar-refractivity contribution is 7.26. The van der Waals surface area contributed by atoms with Gasteiger partial charge in [0, 0.05) is 21.5 Å². The van der Waals surface area contributed by atoms with E-state index in [-0.39, 0.29) is 10.7 Å². The molecule has 0 spiro atoms. The lowest BCUT2D eigenvalue weighted by molar-refractivity contribution is -0.137. The van der Waals surface area contributed by atoms with E-state index in [9.17, 15) is 18.4 Å². The largest absolute Gasteiger partial charge is 0.416 e. The third kappa shape index (κ3) is 2.38. The molecular formula is C22H9F3N4S. The molecule has 0 aliphatic carbocycles. The average molecular weight is 418 g/mol. The molecule has 0 atom stereocenters. The van der Waals surface area contributed by atoms with Crippen LogP contribution in [0, 0.1) is 29.8 Å². The molecule has 1 aromatic heterocycles. The van der Waals surface area contributed by atoms with Gasteiger partial charge in [-0.1, -0.05) is 23.8 Å². The van der Waals surface area contributed by atoms with Crippen molar-refractivity contribution in [3.63, 3.8) is 0 Å². The molecule has 30 heavy (non-hydrogen) atoms. The summed E-state index contributed by atoms with van der Waals surface area (Å²) in [6, 6.07) is 9.32. The van der Waals surface area contributed by atoms with Gasteiger partial charge >= 0.3 is 6.18 Å². The summed E-state index contributed by atoms with van der Waals surface area (Å²) in [6.07, 6.45) is -0.948. The van der Waals surface area contributed by atoms with E-state index < -0.39 is 11.7 Å². The summed E-state index contributed by atoms with van der Waals surface area (Å²) >= 11 is 1.29. The van der Waals surface area contributed by atoms with Crippen molar-refractivity contribution in [2.75, 3.05) is 0 Å². The van der Waals surface area contributed by atoms with E-state index in [1.807, 2.05) is 31.3 Å². The Kier molecular flexibility index (Phi) is 3.73. The number of nitriles is 2. The monoisotopic (exact) mass is 418 g/mol.